The van der Waals surface area contributed by atoms with Crippen molar-refractivity contribution < 1.29 is 9.53 Å². The molecule has 2 aliphatic rings. The van der Waals surface area contributed by atoms with Crippen LogP contribution in [0.25, 0.3) is 0 Å². The molecule has 0 bridgehead atoms. The Labute approximate surface area is 149 Å². The molecule has 0 N–H and O–H groups in total. The molecule has 2 aromatic rings. The Kier molecular flexibility index (Phi) is 4.70. The molecule has 130 valence electrons. The highest BCUT2D eigenvalue weighted by molar-refractivity contribution is 5.95. The van der Waals surface area contributed by atoms with Crippen molar-refractivity contribution >= 4 is 17.3 Å². The summed E-state index contributed by atoms with van der Waals surface area (Å²) in [6.07, 6.45) is 1.60. The van der Waals surface area contributed by atoms with Crippen LogP contribution in [0.5, 0.6) is 0 Å². The molecule has 1 atom stereocenters. The van der Waals surface area contributed by atoms with E-state index in [2.05, 4.69) is 29.2 Å². The van der Waals surface area contributed by atoms with Gasteiger partial charge in [-0.15, -0.1) is 0 Å². The van der Waals surface area contributed by atoms with Crippen LogP contribution in [-0.2, 0) is 16.0 Å². The van der Waals surface area contributed by atoms with Gasteiger partial charge in [-0.2, -0.15) is 0 Å². The fraction of sp³-hybridized carbons (Fsp3) is 0.381. The standard InChI is InChI=1S/C21H24N2O2/c24-21-15-18(16-23(21)20-4-2-1-3-5-20)14-17-6-8-19(9-7-17)22-10-12-25-13-11-22/h1-9,18H,10-16H2. The zero-order valence-electron chi connectivity index (χ0n) is 14.4. The zero-order valence-corrected chi connectivity index (χ0v) is 14.4. The van der Waals surface area contributed by atoms with Crippen LogP contribution < -0.4 is 9.80 Å². The maximum atomic E-state index is 12.3. The first-order chi connectivity index (χ1) is 12.3. The van der Waals surface area contributed by atoms with Gasteiger partial charge in [-0.1, -0.05) is 30.3 Å². The highest BCUT2D eigenvalue weighted by atomic mass is 16.5. The number of para-hydroxylation sites is 1. The molecule has 0 aromatic heterocycles. The van der Waals surface area contributed by atoms with Crippen molar-refractivity contribution in [2.75, 3.05) is 42.6 Å². The third-order valence-corrected chi connectivity index (χ3v) is 5.11. The molecule has 4 rings (SSSR count). The summed E-state index contributed by atoms with van der Waals surface area (Å²) in [4.78, 5) is 16.6. The van der Waals surface area contributed by atoms with Crippen molar-refractivity contribution in [2.24, 2.45) is 5.92 Å². The predicted molar refractivity (Wildman–Crippen MR) is 100 cm³/mol. The first-order valence-electron chi connectivity index (χ1n) is 9.06. The largest absolute Gasteiger partial charge is 0.378 e. The number of benzene rings is 2. The molecule has 1 unspecified atom stereocenters. The van der Waals surface area contributed by atoms with Gasteiger partial charge < -0.3 is 14.5 Å². The molecule has 2 aromatic carbocycles. The molecule has 0 saturated carbocycles. The zero-order chi connectivity index (χ0) is 17.1. The van der Waals surface area contributed by atoms with E-state index in [9.17, 15) is 4.79 Å². The monoisotopic (exact) mass is 336 g/mol. The van der Waals surface area contributed by atoms with E-state index in [0.29, 0.717) is 12.3 Å². The van der Waals surface area contributed by atoms with E-state index in [0.717, 1.165) is 45.0 Å². The van der Waals surface area contributed by atoms with E-state index in [1.807, 2.05) is 35.2 Å². The third-order valence-electron chi connectivity index (χ3n) is 5.11. The van der Waals surface area contributed by atoms with Crippen LogP contribution in [0.15, 0.2) is 54.6 Å². The normalized spacial score (nSPS) is 21.0. The summed E-state index contributed by atoms with van der Waals surface area (Å²) in [5, 5.41) is 0. The lowest BCUT2D eigenvalue weighted by Crippen LogP contribution is -2.36. The van der Waals surface area contributed by atoms with Crippen LogP contribution in [0.1, 0.15) is 12.0 Å². The Hall–Kier alpha value is -2.33. The van der Waals surface area contributed by atoms with Crippen LogP contribution in [0, 0.1) is 5.92 Å². The molecule has 0 spiro atoms. The van der Waals surface area contributed by atoms with Crippen molar-refractivity contribution in [2.45, 2.75) is 12.8 Å². The molecule has 0 aliphatic carbocycles. The van der Waals surface area contributed by atoms with E-state index in [-0.39, 0.29) is 5.91 Å². The maximum absolute atomic E-state index is 12.3. The van der Waals surface area contributed by atoms with Crippen molar-refractivity contribution in [1.29, 1.82) is 0 Å². The number of hydrogen-bond donors (Lipinski definition) is 0. The number of carbonyl (C=O) groups excluding carboxylic acids is 1. The first-order valence-corrected chi connectivity index (χ1v) is 9.06. The van der Waals surface area contributed by atoms with Gasteiger partial charge in [0, 0.05) is 37.4 Å². The van der Waals surface area contributed by atoms with Gasteiger partial charge in [-0.05, 0) is 42.2 Å². The molecule has 1 amide bonds. The lowest BCUT2D eigenvalue weighted by molar-refractivity contribution is -0.117. The molecule has 2 fully saturated rings. The Balaban J connectivity index is 1.38. The number of hydrogen-bond acceptors (Lipinski definition) is 3. The Bertz CT molecular complexity index is 708. The van der Waals surface area contributed by atoms with Gasteiger partial charge in [0.2, 0.25) is 5.91 Å². The summed E-state index contributed by atoms with van der Waals surface area (Å²) in [6, 6.07) is 18.8. The fourth-order valence-electron chi connectivity index (χ4n) is 3.77. The van der Waals surface area contributed by atoms with Crippen LogP contribution in [0.3, 0.4) is 0 Å². The van der Waals surface area contributed by atoms with Crippen LogP contribution in [0.2, 0.25) is 0 Å². The molecular formula is C21H24N2O2. The minimum atomic E-state index is 0.237. The van der Waals surface area contributed by atoms with Gasteiger partial charge in [-0.3, -0.25) is 4.79 Å². The number of nitrogens with zero attached hydrogens (tertiary/aromatic N) is 2. The number of amides is 1. The van der Waals surface area contributed by atoms with Gasteiger partial charge in [0.25, 0.3) is 0 Å². The average molecular weight is 336 g/mol. The van der Waals surface area contributed by atoms with Gasteiger partial charge in [0.15, 0.2) is 0 Å². The van der Waals surface area contributed by atoms with E-state index < -0.39 is 0 Å². The quantitative estimate of drug-likeness (QED) is 0.860. The minimum Gasteiger partial charge on any atom is -0.378 e. The number of ether oxygens (including phenoxy) is 1. The van der Waals surface area contributed by atoms with Crippen molar-refractivity contribution in [3.05, 3.63) is 60.2 Å². The van der Waals surface area contributed by atoms with Gasteiger partial charge in [0.05, 0.1) is 13.2 Å². The summed E-state index contributed by atoms with van der Waals surface area (Å²) in [5.41, 5.74) is 3.59. The molecule has 2 aliphatic heterocycles. The van der Waals surface area contributed by atoms with E-state index in [1.54, 1.807) is 0 Å². The molecule has 4 heteroatoms. The highest BCUT2D eigenvalue weighted by Gasteiger charge is 2.30. The topological polar surface area (TPSA) is 32.8 Å². The number of morpholine rings is 1. The summed E-state index contributed by atoms with van der Waals surface area (Å²) in [6.45, 7) is 4.35. The minimum absolute atomic E-state index is 0.237. The van der Waals surface area contributed by atoms with Crippen LogP contribution in [0.4, 0.5) is 11.4 Å². The summed E-state index contributed by atoms with van der Waals surface area (Å²) in [7, 11) is 0. The molecular weight excluding hydrogens is 312 g/mol. The average Bonchev–Trinajstić information content (AvgIpc) is 3.04. The van der Waals surface area contributed by atoms with Crippen molar-refractivity contribution in [3.8, 4) is 0 Å². The van der Waals surface area contributed by atoms with Crippen molar-refractivity contribution in [1.82, 2.24) is 0 Å². The Morgan fingerprint density at radius 2 is 1.64 bits per heavy atom. The lowest BCUT2D eigenvalue weighted by atomic mass is 9.98. The maximum Gasteiger partial charge on any atom is 0.227 e. The summed E-state index contributed by atoms with van der Waals surface area (Å²) >= 11 is 0. The van der Waals surface area contributed by atoms with Crippen molar-refractivity contribution in [3.63, 3.8) is 0 Å². The Morgan fingerprint density at radius 3 is 2.36 bits per heavy atom. The van der Waals surface area contributed by atoms with Gasteiger partial charge in [0.1, 0.15) is 0 Å². The number of carbonyl (C=O) groups is 1. The van der Waals surface area contributed by atoms with Crippen LogP contribution in [-0.4, -0.2) is 38.8 Å². The fourth-order valence-corrected chi connectivity index (χ4v) is 3.77. The van der Waals surface area contributed by atoms with E-state index in [1.165, 1.54) is 11.3 Å². The van der Waals surface area contributed by atoms with E-state index >= 15 is 0 Å². The second-order valence-corrected chi connectivity index (χ2v) is 6.88. The van der Waals surface area contributed by atoms with Gasteiger partial charge >= 0.3 is 0 Å². The predicted octanol–water partition coefficient (Wildman–Crippen LogP) is 3.12. The molecule has 0 radical (unpaired) electrons. The second kappa shape index (κ2) is 7.28. The molecule has 2 heterocycles. The number of anilines is 2. The molecule has 25 heavy (non-hydrogen) atoms. The van der Waals surface area contributed by atoms with E-state index in [4.69, 9.17) is 4.74 Å². The summed E-state index contributed by atoms with van der Waals surface area (Å²) in [5.74, 6) is 0.628. The Morgan fingerprint density at radius 1 is 0.920 bits per heavy atom. The highest BCUT2D eigenvalue weighted by Crippen LogP contribution is 2.27. The third kappa shape index (κ3) is 3.69. The molecule has 4 nitrogen and oxygen atoms in total. The van der Waals surface area contributed by atoms with Gasteiger partial charge in [-0.25, -0.2) is 0 Å². The first kappa shape index (κ1) is 16.2. The SMILES string of the molecule is O=C1CC(Cc2ccc(N3CCOCC3)cc2)CN1c1ccccc1. The second-order valence-electron chi connectivity index (χ2n) is 6.88. The van der Waals surface area contributed by atoms with Crippen LogP contribution >= 0.6 is 0 Å². The molecule has 2 saturated heterocycles. The number of rotatable bonds is 4. The summed E-state index contributed by atoms with van der Waals surface area (Å²) < 4.78 is 5.41. The lowest BCUT2D eigenvalue weighted by Gasteiger charge is -2.29. The smallest absolute Gasteiger partial charge is 0.227 e.